The molecule has 37 heavy (non-hydrogen) atoms. The number of piperazine rings is 1. The van der Waals surface area contributed by atoms with E-state index in [2.05, 4.69) is 57.0 Å². The van der Waals surface area contributed by atoms with E-state index in [1.165, 1.54) is 16.8 Å². The van der Waals surface area contributed by atoms with Crippen LogP contribution >= 0.6 is 0 Å². The lowest BCUT2D eigenvalue weighted by molar-refractivity contribution is -0.134. The number of methoxy groups -OCH3 is 1. The molecule has 1 saturated heterocycles. The molecule has 0 unspecified atom stereocenters. The molecule has 1 amide bonds. The summed E-state index contributed by atoms with van der Waals surface area (Å²) in [5.74, 6) is 1.01. The molecule has 2 aliphatic rings. The number of pyridine rings is 1. The van der Waals surface area contributed by atoms with Crippen molar-refractivity contribution in [1.29, 1.82) is 0 Å². The summed E-state index contributed by atoms with van der Waals surface area (Å²) in [6.07, 6.45) is 4.45. The second-order valence-electron chi connectivity index (χ2n) is 9.86. The minimum atomic E-state index is 0.105. The normalized spacial score (nSPS) is 17.7. The molecule has 0 saturated carbocycles. The van der Waals surface area contributed by atoms with Crippen LogP contribution in [-0.4, -0.2) is 64.7 Å². The van der Waals surface area contributed by atoms with Gasteiger partial charge in [0.2, 0.25) is 5.91 Å². The van der Waals surface area contributed by atoms with Gasteiger partial charge in [0.1, 0.15) is 17.8 Å². The van der Waals surface area contributed by atoms with Crippen molar-refractivity contribution in [3.05, 3.63) is 78.2 Å². The van der Waals surface area contributed by atoms with Crippen LogP contribution in [0, 0.1) is 0 Å². The molecular weight excluding hydrogens is 464 g/mol. The fourth-order valence-corrected chi connectivity index (χ4v) is 5.75. The van der Waals surface area contributed by atoms with Crippen molar-refractivity contribution in [2.45, 2.75) is 32.5 Å². The van der Waals surface area contributed by atoms with Crippen LogP contribution in [-0.2, 0) is 24.3 Å². The van der Waals surface area contributed by atoms with Crippen LogP contribution < -0.4 is 14.5 Å². The Kier molecular flexibility index (Phi) is 6.16. The first kappa shape index (κ1) is 23.3. The van der Waals surface area contributed by atoms with Gasteiger partial charge in [-0.3, -0.25) is 4.79 Å². The number of benzene rings is 2. The number of carbonyl (C=O) groups excluding carboxylic acids is 1. The number of carbonyl (C=O) groups is 1. The average Bonchev–Trinajstić information content (AvgIpc) is 3.35. The fourth-order valence-electron chi connectivity index (χ4n) is 5.75. The molecule has 8 heteroatoms. The van der Waals surface area contributed by atoms with Crippen LogP contribution in [0.2, 0.25) is 0 Å². The van der Waals surface area contributed by atoms with Gasteiger partial charge in [-0.05, 0) is 54.8 Å². The van der Waals surface area contributed by atoms with Gasteiger partial charge in [-0.2, -0.15) is 0 Å². The van der Waals surface area contributed by atoms with E-state index in [0.717, 1.165) is 55.2 Å². The van der Waals surface area contributed by atoms with E-state index in [1.807, 2.05) is 33.7 Å². The molecule has 0 spiro atoms. The van der Waals surface area contributed by atoms with E-state index >= 15 is 0 Å². The Balaban J connectivity index is 1.18. The Morgan fingerprint density at radius 3 is 2.70 bits per heavy atom. The van der Waals surface area contributed by atoms with Crippen molar-refractivity contribution in [3.8, 4) is 5.75 Å². The zero-order chi connectivity index (χ0) is 25.4. The van der Waals surface area contributed by atoms with E-state index in [4.69, 9.17) is 4.74 Å². The van der Waals surface area contributed by atoms with Crippen LogP contribution in [0.1, 0.15) is 18.1 Å². The highest BCUT2D eigenvalue weighted by Gasteiger charge is 2.30. The first-order valence-corrected chi connectivity index (χ1v) is 12.9. The van der Waals surface area contributed by atoms with E-state index in [-0.39, 0.29) is 18.5 Å². The minimum Gasteiger partial charge on any atom is -0.495 e. The van der Waals surface area contributed by atoms with Gasteiger partial charge in [0, 0.05) is 50.6 Å². The summed E-state index contributed by atoms with van der Waals surface area (Å²) in [6.45, 7) is 6.52. The first-order valence-electron chi connectivity index (χ1n) is 12.9. The highest BCUT2D eigenvalue weighted by atomic mass is 16.5. The SMILES string of the molecule is COc1ccccc1N1CCc2cccc(N3CCN(C(=O)Cn4cnc5cccnc54)[C@H](C)C3)c2C1. The van der Waals surface area contributed by atoms with E-state index in [1.54, 1.807) is 19.6 Å². The summed E-state index contributed by atoms with van der Waals surface area (Å²) in [7, 11) is 1.73. The van der Waals surface area contributed by atoms with Crippen molar-refractivity contribution in [3.63, 3.8) is 0 Å². The number of amides is 1. The summed E-state index contributed by atoms with van der Waals surface area (Å²) >= 11 is 0. The number of anilines is 2. The van der Waals surface area contributed by atoms with Crippen molar-refractivity contribution in [1.82, 2.24) is 19.4 Å². The van der Waals surface area contributed by atoms with E-state index < -0.39 is 0 Å². The molecular formula is C29H32N6O2. The number of nitrogens with zero attached hydrogens (tertiary/aromatic N) is 6. The second kappa shape index (κ2) is 9.76. The lowest BCUT2D eigenvalue weighted by Crippen LogP contribution is -2.55. The van der Waals surface area contributed by atoms with E-state index in [0.29, 0.717) is 6.54 Å². The van der Waals surface area contributed by atoms with Crippen molar-refractivity contribution in [2.75, 3.05) is 43.1 Å². The molecule has 1 atom stereocenters. The van der Waals surface area contributed by atoms with Gasteiger partial charge in [0.15, 0.2) is 5.65 Å². The average molecular weight is 497 g/mol. The third kappa shape index (κ3) is 4.37. The molecule has 0 radical (unpaired) electrons. The molecule has 4 heterocycles. The number of rotatable bonds is 5. The molecule has 0 bridgehead atoms. The van der Waals surface area contributed by atoms with Crippen molar-refractivity contribution < 1.29 is 9.53 Å². The number of hydrogen-bond donors (Lipinski definition) is 0. The lowest BCUT2D eigenvalue weighted by Gasteiger charge is -2.43. The zero-order valence-corrected chi connectivity index (χ0v) is 21.4. The topological polar surface area (TPSA) is 66.7 Å². The lowest BCUT2D eigenvalue weighted by atomic mass is 9.96. The molecule has 190 valence electrons. The van der Waals surface area contributed by atoms with Gasteiger partial charge in [0.25, 0.3) is 0 Å². The van der Waals surface area contributed by atoms with E-state index in [9.17, 15) is 4.79 Å². The van der Waals surface area contributed by atoms with Crippen LogP contribution in [0.25, 0.3) is 11.2 Å². The molecule has 0 N–H and O–H groups in total. The Hall–Kier alpha value is -4.07. The quantitative estimate of drug-likeness (QED) is 0.419. The van der Waals surface area contributed by atoms with Gasteiger partial charge >= 0.3 is 0 Å². The molecule has 0 aliphatic carbocycles. The minimum absolute atomic E-state index is 0.105. The smallest absolute Gasteiger partial charge is 0.242 e. The first-order chi connectivity index (χ1) is 18.1. The summed E-state index contributed by atoms with van der Waals surface area (Å²) in [5.41, 5.74) is 6.76. The summed E-state index contributed by atoms with van der Waals surface area (Å²) in [5, 5.41) is 0. The van der Waals surface area contributed by atoms with Gasteiger partial charge < -0.3 is 24.0 Å². The number of fused-ring (bicyclic) bond motifs is 2. The maximum Gasteiger partial charge on any atom is 0.242 e. The molecule has 2 aromatic carbocycles. The second-order valence-corrected chi connectivity index (χ2v) is 9.86. The zero-order valence-electron chi connectivity index (χ0n) is 21.4. The molecule has 8 nitrogen and oxygen atoms in total. The largest absolute Gasteiger partial charge is 0.495 e. The van der Waals surface area contributed by atoms with Gasteiger partial charge in [0.05, 0.1) is 19.1 Å². The van der Waals surface area contributed by atoms with Crippen LogP contribution in [0.5, 0.6) is 5.75 Å². The predicted molar refractivity (Wildman–Crippen MR) is 145 cm³/mol. The Morgan fingerprint density at radius 1 is 0.973 bits per heavy atom. The number of hydrogen-bond acceptors (Lipinski definition) is 6. The maximum atomic E-state index is 13.3. The molecule has 6 rings (SSSR count). The van der Waals surface area contributed by atoms with Gasteiger partial charge in [-0.15, -0.1) is 0 Å². The fraction of sp³-hybridized carbons (Fsp3) is 0.345. The highest BCUT2D eigenvalue weighted by Crippen LogP contribution is 2.36. The van der Waals surface area contributed by atoms with Crippen LogP contribution in [0.4, 0.5) is 11.4 Å². The molecule has 2 aromatic heterocycles. The Labute approximate surface area is 217 Å². The Morgan fingerprint density at radius 2 is 1.84 bits per heavy atom. The monoisotopic (exact) mass is 496 g/mol. The highest BCUT2D eigenvalue weighted by molar-refractivity contribution is 5.79. The van der Waals surface area contributed by atoms with Crippen LogP contribution in [0.15, 0.2) is 67.1 Å². The summed E-state index contributed by atoms with van der Waals surface area (Å²) in [6, 6.07) is 18.8. The van der Waals surface area contributed by atoms with Crippen molar-refractivity contribution in [2.24, 2.45) is 0 Å². The summed E-state index contributed by atoms with van der Waals surface area (Å²) < 4.78 is 7.49. The summed E-state index contributed by atoms with van der Waals surface area (Å²) in [4.78, 5) is 28.9. The number of imidazole rings is 1. The molecule has 1 fully saturated rings. The van der Waals surface area contributed by atoms with Gasteiger partial charge in [-0.1, -0.05) is 24.3 Å². The number of ether oxygens (including phenoxy) is 1. The van der Waals surface area contributed by atoms with Gasteiger partial charge in [-0.25, -0.2) is 9.97 Å². The Bertz CT molecular complexity index is 1430. The number of para-hydroxylation sites is 2. The molecule has 4 aromatic rings. The number of aromatic nitrogens is 3. The third-order valence-corrected chi connectivity index (χ3v) is 7.64. The van der Waals surface area contributed by atoms with Crippen LogP contribution in [0.3, 0.4) is 0 Å². The molecule has 2 aliphatic heterocycles. The van der Waals surface area contributed by atoms with Crippen molar-refractivity contribution >= 4 is 28.4 Å². The standard InChI is InChI=1S/C29H32N6O2/c1-21-17-33(15-16-35(21)28(36)19-34-20-31-24-8-6-13-30-29(24)34)25-10-5-7-22-12-14-32(18-23(22)25)26-9-3-4-11-27(26)37-2/h3-11,13,20-21H,12,14-19H2,1-2H3/t21-/m1/s1. The third-order valence-electron chi connectivity index (χ3n) is 7.64. The predicted octanol–water partition coefficient (Wildman–Crippen LogP) is 3.74. The maximum absolute atomic E-state index is 13.3.